The number of rotatable bonds is 6. The first-order valence-corrected chi connectivity index (χ1v) is 9.97. The SMILES string of the molecule is COc1ccc([C@@H](NS(=O)(=O)N2CCN(C)CC2)C2CC(O)C2)cn1. The van der Waals surface area contributed by atoms with Crippen molar-refractivity contribution >= 4 is 10.2 Å². The predicted molar refractivity (Wildman–Crippen MR) is 93.4 cm³/mol. The number of aliphatic hydroxyl groups is 1. The minimum atomic E-state index is -3.59. The topological polar surface area (TPSA) is 95.0 Å². The third-order valence-corrected chi connectivity index (χ3v) is 6.62. The van der Waals surface area contributed by atoms with E-state index in [9.17, 15) is 13.5 Å². The average molecular weight is 370 g/mol. The number of hydrogen-bond donors (Lipinski definition) is 2. The van der Waals surface area contributed by atoms with Crippen molar-refractivity contribution in [2.75, 3.05) is 40.3 Å². The second kappa shape index (κ2) is 7.55. The molecule has 0 amide bonds. The Morgan fingerprint density at radius 1 is 1.28 bits per heavy atom. The van der Waals surface area contributed by atoms with Crippen molar-refractivity contribution in [3.63, 3.8) is 0 Å². The number of nitrogens with one attached hydrogen (secondary N) is 1. The lowest BCUT2D eigenvalue weighted by Gasteiger charge is -2.39. The molecule has 0 bridgehead atoms. The van der Waals surface area contributed by atoms with E-state index in [4.69, 9.17) is 4.74 Å². The lowest BCUT2D eigenvalue weighted by Crippen LogP contribution is -2.53. The molecule has 1 aromatic heterocycles. The van der Waals surface area contributed by atoms with Crippen LogP contribution in [0.5, 0.6) is 5.88 Å². The molecule has 2 aliphatic rings. The van der Waals surface area contributed by atoms with Crippen molar-refractivity contribution in [3.8, 4) is 5.88 Å². The summed E-state index contributed by atoms with van der Waals surface area (Å²) in [4.78, 5) is 6.30. The summed E-state index contributed by atoms with van der Waals surface area (Å²) in [5, 5.41) is 9.64. The Morgan fingerprint density at radius 2 is 1.96 bits per heavy atom. The second-order valence-corrected chi connectivity index (χ2v) is 8.52. The van der Waals surface area contributed by atoms with E-state index in [0.717, 1.165) is 18.7 Å². The number of nitrogens with zero attached hydrogens (tertiary/aromatic N) is 3. The molecule has 2 N–H and O–H groups in total. The van der Waals surface area contributed by atoms with Crippen molar-refractivity contribution in [1.82, 2.24) is 18.9 Å². The van der Waals surface area contributed by atoms with Crippen LogP contribution in [0.3, 0.4) is 0 Å². The quantitative estimate of drug-likeness (QED) is 0.731. The molecule has 1 aromatic rings. The second-order valence-electron chi connectivity index (χ2n) is 6.82. The summed E-state index contributed by atoms with van der Waals surface area (Å²) in [6.45, 7) is 2.40. The summed E-state index contributed by atoms with van der Waals surface area (Å²) in [6, 6.07) is 3.15. The summed E-state index contributed by atoms with van der Waals surface area (Å²) < 4.78 is 35.0. The van der Waals surface area contributed by atoms with Crippen LogP contribution in [0.25, 0.3) is 0 Å². The van der Waals surface area contributed by atoms with Crippen molar-refractivity contribution in [1.29, 1.82) is 0 Å². The van der Waals surface area contributed by atoms with Gasteiger partial charge in [0.1, 0.15) is 0 Å². The Balaban J connectivity index is 1.77. The number of ether oxygens (including phenoxy) is 1. The van der Waals surface area contributed by atoms with E-state index in [1.807, 2.05) is 13.1 Å². The summed E-state index contributed by atoms with van der Waals surface area (Å²) in [5.74, 6) is 0.547. The van der Waals surface area contributed by atoms with E-state index in [0.29, 0.717) is 31.8 Å². The molecular weight excluding hydrogens is 344 g/mol. The number of methoxy groups -OCH3 is 1. The molecule has 140 valence electrons. The Hall–Kier alpha value is -1.26. The van der Waals surface area contributed by atoms with Gasteiger partial charge in [-0.05, 0) is 31.4 Å². The van der Waals surface area contributed by atoms with Gasteiger partial charge in [0.2, 0.25) is 5.88 Å². The van der Waals surface area contributed by atoms with Gasteiger partial charge in [0.05, 0.1) is 19.3 Å². The standard InChI is InChI=1S/C16H26N4O4S/c1-19-5-7-20(8-6-19)25(22,23)18-16(13-9-14(21)10-13)12-3-4-15(24-2)17-11-12/h3-4,11,13-14,16,18,21H,5-10H2,1-2H3/t13?,14?,16-/m1/s1. The van der Waals surface area contributed by atoms with Crippen molar-refractivity contribution in [2.45, 2.75) is 25.0 Å². The van der Waals surface area contributed by atoms with Gasteiger partial charge in [-0.25, -0.2) is 4.98 Å². The van der Waals surface area contributed by atoms with Gasteiger partial charge in [-0.15, -0.1) is 0 Å². The van der Waals surface area contributed by atoms with Gasteiger partial charge < -0.3 is 14.7 Å². The fourth-order valence-corrected chi connectivity index (χ4v) is 4.74. The lowest BCUT2D eigenvalue weighted by molar-refractivity contribution is 0.0276. The monoisotopic (exact) mass is 370 g/mol. The van der Waals surface area contributed by atoms with E-state index >= 15 is 0 Å². The van der Waals surface area contributed by atoms with Crippen molar-refractivity contribution < 1.29 is 18.3 Å². The Morgan fingerprint density at radius 3 is 2.48 bits per heavy atom. The summed E-state index contributed by atoms with van der Waals surface area (Å²) in [7, 11) is -0.0679. The molecule has 0 aromatic carbocycles. The fraction of sp³-hybridized carbons (Fsp3) is 0.688. The Kier molecular flexibility index (Phi) is 5.59. The molecule has 0 spiro atoms. The van der Waals surface area contributed by atoms with E-state index in [1.54, 1.807) is 12.3 Å². The third kappa shape index (κ3) is 4.29. The van der Waals surface area contributed by atoms with Crippen LogP contribution < -0.4 is 9.46 Å². The number of aromatic nitrogens is 1. The van der Waals surface area contributed by atoms with Crippen molar-refractivity contribution in [3.05, 3.63) is 23.9 Å². The minimum Gasteiger partial charge on any atom is -0.481 e. The summed E-state index contributed by atoms with van der Waals surface area (Å²) in [5.41, 5.74) is 0.787. The molecule has 8 nitrogen and oxygen atoms in total. The van der Waals surface area contributed by atoms with Crippen LogP contribution in [0, 0.1) is 5.92 Å². The van der Waals surface area contributed by atoms with Crippen LogP contribution in [0.2, 0.25) is 0 Å². The van der Waals surface area contributed by atoms with E-state index in [2.05, 4.69) is 14.6 Å². The van der Waals surface area contributed by atoms with Crippen molar-refractivity contribution in [2.24, 2.45) is 5.92 Å². The zero-order valence-electron chi connectivity index (χ0n) is 14.6. The van der Waals surface area contributed by atoms with Gasteiger partial charge in [0, 0.05) is 38.4 Å². The summed E-state index contributed by atoms with van der Waals surface area (Å²) >= 11 is 0. The Labute approximate surface area is 149 Å². The zero-order valence-corrected chi connectivity index (χ0v) is 15.4. The third-order valence-electron chi connectivity index (χ3n) is 5.03. The van der Waals surface area contributed by atoms with Gasteiger partial charge in [-0.3, -0.25) is 0 Å². The molecule has 2 fully saturated rings. The lowest BCUT2D eigenvalue weighted by atomic mass is 9.76. The molecular formula is C16H26N4O4S. The van der Waals surface area contributed by atoms with E-state index in [-0.39, 0.29) is 12.0 Å². The molecule has 1 aliphatic carbocycles. The van der Waals surface area contributed by atoms with Crippen LogP contribution in [0.1, 0.15) is 24.4 Å². The number of piperazine rings is 1. The first-order chi connectivity index (χ1) is 11.9. The van der Waals surface area contributed by atoms with Crippen LogP contribution in [-0.4, -0.2) is 74.2 Å². The Bertz CT molecular complexity index is 668. The molecule has 9 heteroatoms. The van der Waals surface area contributed by atoms with E-state index < -0.39 is 16.3 Å². The first-order valence-electron chi connectivity index (χ1n) is 8.53. The van der Waals surface area contributed by atoms with Gasteiger partial charge in [0.15, 0.2) is 0 Å². The highest BCUT2D eigenvalue weighted by atomic mass is 32.2. The number of hydrogen-bond acceptors (Lipinski definition) is 6. The molecule has 25 heavy (non-hydrogen) atoms. The maximum atomic E-state index is 12.8. The minimum absolute atomic E-state index is 0.0624. The van der Waals surface area contributed by atoms with Crippen LogP contribution in [0.15, 0.2) is 18.3 Å². The van der Waals surface area contributed by atoms with Gasteiger partial charge in [-0.1, -0.05) is 6.07 Å². The van der Waals surface area contributed by atoms with Gasteiger partial charge in [0.25, 0.3) is 10.2 Å². The molecule has 0 unspecified atom stereocenters. The summed E-state index contributed by atoms with van der Waals surface area (Å²) in [6.07, 6.45) is 2.46. The number of likely N-dealkylation sites (N-methyl/N-ethyl adjacent to an activating group) is 1. The highest BCUT2D eigenvalue weighted by Gasteiger charge is 2.38. The van der Waals surface area contributed by atoms with Gasteiger partial charge >= 0.3 is 0 Å². The fourth-order valence-electron chi connectivity index (χ4n) is 3.30. The molecule has 1 saturated carbocycles. The average Bonchev–Trinajstić information content (AvgIpc) is 2.58. The molecule has 0 radical (unpaired) electrons. The number of pyridine rings is 1. The predicted octanol–water partition coefficient (Wildman–Crippen LogP) is -0.0160. The smallest absolute Gasteiger partial charge is 0.280 e. The first kappa shape index (κ1) is 18.5. The largest absolute Gasteiger partial charge is 0.481 e. The van der Waals surface area contributed by atoms with Crippen LogP contribution in [0.4, 0.5) is 0 Å². The van der Waals surface area contributed by atoms with Gasteiger partial charge in [-0.2, -0.15) is 17.4 Å². The maximum absolute atomic E-state index is 12.8. The number of aliphatic hydroxyl groups excluding tert-OH is 1. The zero-order chi connectivity index (χ0) is 18.0. The highest BCUT2D eigenvalue weighted by molar-refractivity contribution is 7.87. The van der Waals surface area contributed by atoms with Crippen LogP contribution >= 0.6 is 0 Å². The normalized spacial score (nSPS) is 26.8. The van der Waals surface area contributed by atoms with E-state index in [1.165, 1.54) is 11.4 Å². The highest BCUT2D eigenvalue weighted by Crippen LogP contribution is 2.38. The molecule has 1 aliphatic heterocycles. The molecule has 1 saturated heterocycles. The van der Waals surface area contributed by atoms with Crippen LogP contribution in [-0.2, 0) is 10.2 Å². The molecule has 3 rings (SSSR count). The molecule has 1 atom stereocenters. The maximum Gasteiger partial charge on any atom is 0.280 e. The molecule has 2 heterocycles.